The molecule has 3 nitrogen and oxygen atoms in total. The van der Waals surface area contributed by atoms with E-state index in [2.05, 4.69) is 11.0 Å². The third kappa shape index (κ3) is 3.62. The zero-order chi connectivity index (χ0) is 13.8. The lowest BCUT2D eigenvalue weighted by Crippen LogP contribution is -2.37. The summed E-state index contributed by atoms with van der Waals surface area (Å²) in [5, 5.41) is 0.828. The number of nitrogens with zero attached hydrogens (tertiary/aromatic N) is 1. The molecule has 0 bridgehead atoms. The Morgan fingerprint density at radius 3 is 2.68 bits per heavy atom. The van der Waals surface area contributed by atoms with Crippen molar-refractivity contribution in [3.05, 3.63) is 28.8 Å². The van der Waals surface area contributed by atoms with Crippen LogP contribution in [0.5, 0.6) is 0 Å². The molecule has 1 aromatic rings. The lowest BCUT2D eigenvalue weighted by molar-refractivity contribution is 0.0819. The fraction of sp³-hybridized carbons (Fsp3) is 0.600. The summed E-state index contributed by atoms with van der Waals surface area (Å²) in [5.41, 5.74) is 8.35. The van der Waals surface area contributed by atoms with Crippen molar-refractivity contribution in [2.45, 2.75) is 38.3 Å². The van der Waals surface area contributed by atoms with Gasteiger partial charge in [-0.2, -0.15) is 0 Å². The van der Waals surface area contributed by atoms with Gasteiger partial charge < -0.3 is 15.4 Å². The van der Waals surface area contributed by atoms with Gasteiger partial charge in [-0.05, 0) is 37.8 Å². The molecule has 4 heteroatoms. The standard InChI is InChI=1S/C15H23ClN2O/c1-11(17)10-12-4-3-5-14(16)15(12)18-8-6-13(19-2)7-9-18/h3-5,11,13H,6-10,17H2,1-2H3. The van der Waals surface area contributed by atoms with Gasteiger partial charge in [0.1, 0.15) is 0 Å². The van der Waals surface area contributed by atoms with Crippen LogP contribution in [0.25, 0.3) is 0 Å². The Bertz CT molecular complexity index is 415. The molecule has 0 amide bonds. The van der Waals surface area contributed by atoms with Crippen LogP contribution in [-0.4, -0.2) is 32.3 Å². The van der Waals surface area contributed by atoms with E-state index in [0.29, 0.717) is 6.10 Å². The summed E-state index contributed by atoms with van der Waals surface area (Å²) in [4.78, 5) is 2.37. The lowest BCUT2D eigenvalue weighted by Gasteiger charge is -2.35. The van der Waals surface area contributed by atoms with E-state index in [0.717, 1.165) is 43.1 Å². The van der Waals surface area contributed by atoms with Crippen molar-refractivity contribution in [2.75, 3.05) is 25.1 Å². The van der Waals surface area contributed by atoms with Crippen LogP contribution in [0.4, 0.5) is 5.69 Å². The van der Waals surface area contributed by atoms with Gasteiger partial charge in [0.2, 0.25) is 0 Å². The molecule has 19 heavy (non-hydrogen) atoms. The zero-order valence-corrected chi connectivity index (χ0v) is 12.5. The van der Waals surface area contributed by atoms with Crippen molar-refractivity contribution < 1.29 is 4.74 Å². The molecule has 1 heterocycles. The summed E-state index contributed by atoms with van der Waals surface area (Å²) in [6, 6.07) is 6.25. The second-order valence-electron chi connectivity index (χ2n) is 5.35. The Hall–Kier alpha value is -0.770. The molecule has 0 radical (unpaired) electrons. The highest BCUT2D eigenvalue weighted by Gasteiger charge is 2.22. The predicted octanol–water partition coefficient (Wildman–Crippen LogP) is 2.84. The first-order valence-corrected chi connectivity index (χ1v) is 7.30. The SMILES string of the molecule is COC1CCN(c2c(Cl)cccc2CC(C)N)CC1. The van der Waals surface area contributed by atoms with Crippen LogP contribution >= 0.6 is 11.6 Å². The lowest BCUT2D eigenvalue weighted by atomic mass is 10.0. The minimum absolute atomic E-state index is 0.147. The molecule has 0 spiro atoms. The van der Waals surface area contributed by atoms with Crippen molar-refractivity contribution in [1.82, 2.24) is 0 Å². The number of piperidine rings is 1. The number of anilines is 1. The summed E-state index contributed by atoms with van der Waals surface area (Å²) in [7, 11) is 1.79. The number of nitrogens with two attached hydrogens (primary N) is 1. The van der Waals surface area contributed by atoms with Gasteiger partial charge in [-0.15, -0.1) is 0 Å². The fourth-order valence-corrected chi connectivity index (χ4v) is 3.05. The number of benzene rings is 1. The fourth-order valence-electron chi connectivity index (χ4n) is 2.74. The van der Waals surface area contributed by atoms with Gasteiger partial charge in [-0.25, -0.2) is 0 Å². The van der Waals surface area contributed by atoms with Crippen LogP contribution in [-0.2, 0) is 11.2 Å². The molecule has 1 aliphatic rings. The van der Waals surface area contributed by atoms with Crippen LogP contribution in [0.1, 0.15) is 25.3 Å². The molecule has 1 aliphatic heterocycles. The van der Waals surface area contributed by atoms with E-state index in [1.165, 1.54) is 5.56 Å². The second-order valence-corrected chi connectivity index (χ2v) is 5.76. The highest BCUT2D eigenvalue weighted by molar-refractivity contribution is 6.33. The number of methoxy groups -OCH3 is 1. The van der Waals surface area contributed by atoms with E-state index < -0.39 is 0 Å². The summed E-state index contributed by atoms with van der Waals surface area (Å²) in [6.07, 6.45) is 3.36. The first-order valence-electron chi connectivity index (χ1n) is 6.92. The number of halogens is 1. The Labute approximate surface area is 120 Å². The van der Waals surface area contributed by atoms with Gasteiger partial charge in [0.25, 0.3) is 0 Å². The van der Waals surface area contributed by atoms with E-state index in [9.17, 15) is 0 Å². The minimum atomic E-state index is 0.147. The molecule has 1 saturated heterocycles. The molecule has 0 aliphatic carbocycles. The molecule has 0 aromatic heterocycles. The van der Waals surface area contributed by atoms with Crippen LogP contribution in [0.2, 0.25) is 5.02 Å². The topological polar surface area (TPSA) is 38.5 Å². The molecule has 2 N–H and O–H groups in total. The highest BCUT2D eigenvalue weighted by Crippen LogP contribution is 2.33. The van der Waals surface area contributed by atoms with E-state index in [-0.39, 0.29) is 6.04 Å². The van der Waals surface area contributed by atoms with Crippen molar-refractivity contribution in [3.63, 3.8) is 0 Å². The number of hydrogen-bond donors (Lipinski definition) is 1. The van der Waals surface area contributed by atoms with Gasteiger partial charge in [0.15, 0.2) is 0 Å². The van der Waals surface area contributed by atoms with Crippen molar-refractivity contribution in [2.24, 2.45) is 5.73 Å². The molecule has 1 aromatic carbocycles. The van der Waals surface area contributed by atoms with E-state index >= 15 is 0 Å². The van der Waals surface area contributed by atoms with Crippen molar-refractivity contribution in [1.29, 1.82) is 0 Å². The average Bonchev–Trinajstić information content (AvgIpc) is 2.38. The van der Waals surface area contributed by atoms with E-state index in [1.54, 1.807) is 7.11 Å². The maximum Gasteiger partial charge on any atom is 0.0642 e. The molecule has 106 valence electrons. The number of hydrogen-bond acceptors (Lipinski definition) is 3. The number of rotatable bonds is 4. The first kappa shape index (κ1) is 14.6. The quantitative estimate of drug-likeness (QED) is 0.923. The summed E-state index contributed by atoms with van der Waals surface area (Å²) in [6.45, 7) is 4.02. The van der Waals surface area contributed by atoms with Gasteiger partial charge >= 0.3 is 0 Å². The Kier molecular flexibility index (Phi) is 5.08. The Morgan fingerprint density at radius 2 is 2.11 bits per heavy atom. The average molecular weight is 283 g/mol. The van der Waals surface area contributed by atoms with Crippen molar-refractivity contribution in [3.8, 4) is 0 Å². The summed E-state index contributed by atoms with van der Waals surface area (Å²) >= 11 is 6.40. The van der Waals surface area contributed by atoms with Gasteiger partial charge in [0, 0.05) is 26.2 Å². The third-order valence-electron chi connectivity index (χ3n) is 3.70. The normalized spacial score (nSPS) is 18.6. The van der Waals surface area contributed by atoms with E-state index in [4.69, 9.17) is 22.1 Å². The minimum Gasteiger partial charge on any atom is -0.381 e. The number of para-hydroxylation sites is 1. The monoisotopic (exact) mass is 282 g/mol. The van der Waals surface area contributed by atoms with Gasteiger partial charge in [-0.3, -0.25) is 0 Å². The second kappa shape index (κ2) is 6.60. The van der Waals surface area contributed by atoms with Crippen LogP contribution < -0.4 is 10.6 Å². The smallest absolute Gasteiger partial charge is 0.0642 e. The summed E-state index contributed by atoms with van der Waals surface area (Å²) < 4.78 is 5.42. The first-order chi connectivity index (χ1) is 9.11. The van der Waals surface area contributed by atoms with Gasteiger partial charge in [-0.1, -0.05) is 23.7 Å². The van der Waals surface area contributed by atoms with Crippen LogP contribution in [0.3, 0.4) is 0 Å². The number of ether oxygens (including phenoxy) is 1. The molecule has 2 rings (SSSR count). The molecular weight excluding hydrogens is 260 g/mol. The third-order valence-corrected chi connectivity index (χ3v) is 4.01. The molecular formula is C15H23ClN2O. The van der Waals surface area contributed by atoms with Crippen molar-refractivity contribution >= 4 is 17.3 Å². The molecule has 1 fully saturated rings. The van der Waals surface area contributed by atoms with Crippen LogP contribution in [0.15, 0.2) is 18.2 Å². The largest absolute Gasteiger partial charge is 0.381 e. The Morgan fingerprint density at radius 1 is 1.42 bits per heavy atom. The predicted molar refractivity (Wildman–Crippen MR) is 81.0 cm³/mol. The molecule has 0 saturated carbocycles. The summed E-state index contributed by atoms with van der Waals surface area (Å²) in [5.74, 6) is 0. The maximum absolute atomic E-state index is 6.40. The highest BCUT2D eigenvalue weighted by atomic mass is 35.5. The molecule has 1 atom stereocenters. The van der Waals surface area contributed by atoms with E-state index in [1.807, 2.05) is 19.1 Å². The zero-order valence-electron chi connectivity index (χ0n) is 11.7. The molecule has 1 unspecified atom stereocenters. The van der Waals surface area contributed by atoms with Gasteiger partial charge in [0.05, 0.1) is 16.8 Å². The maximum atomic E-state index is 6.40. The Balaban J connectivity index is 2.19. The van der Waals surface area contributed by atoms with Crippen LogP contribution in [0, 0.1) is 0 Å².